The van der Waals surface area contributed by atoms with Crippen molar-refractivity contribution in [3.05, 3.63) is 0 Å². The van der Waals surface area contributed by atoms with Gasteiger partial charge in [0.25, 0.3) is 0 Å². The number of nitrogens with zero attached hydrogens (tertiary/aromatic N) is 2. The number of hydrogen-bond donors (Lipinski definition) is 1. The van der Waals surface area contributed by atoms with Crippen molar-refractivity contribution in [1.82, 2.24) is 9.80 Å². The minimum atomic E-state index is 0.814. The first-order valence-corrected chi connectivity index (χ1v) is 6.00. The van der Waals surface area contributed by atoms with Crippen LogP contribution in [-0.2, 0) is 4.74 Å². The van der Waals surface area contributed by atoms with Gasteiger partial charge in [0.2, 0.25) is 0 Å². The van der Waals surface area contributed by atoms with Gasteiger partial charge in [-0.05, 0) is 25.9 Å². The highest BCUT2D eigenvalue weighted by atomic mass is 16.5. The average Bonchev–Trinajstić information content (AvgIpc) is 2.28. The van der Waals surface area contributed by atoms with Gasteiger partial charge in [-0.1, -0.05) is 0 Å². The van der Waals surface area contributed by atoms with Crippen molar-refractivity contribution < 1.29 is 4.74 Å². The van der Waals surface area contributed by atoms with E-state index in [0.29, 0.717) is 0 Å². The Hall–Kier alpha value is -0.160. The Kier molecular flexibility index (Phi) is 6.92. The molecule has 4 heteroatoms. The lowest BCUT2D eigenvalue weighted by molar-refractivity contribution is 0.116. The molecule has 1 fully saturated rings. The van der Waals surface area contributed by atoms with Crippen molar-refractivity contribution in [2.75, 3.05) is 59.5 Å². The van der Waals surface area contributed by atoms with E-state index in [9.17, 15) is 0 Å². The largest absolute Gasteiger partial charge is 0.385 e. The van der Waals surface area contributed by atoms with Crippen LogP contribution >= 0.6 is 0 Å². The molecular formula is C11H25N3O. The van der Waals surface area contributed by atoms with Gasteiger partial charge in [-0.15, -0.1) is 0 Å². The molecule has 0 atom stereocenters. The molecule has 0 spiro atoms. The summed E-state index contributed by atoms with van der Waals surface area (Å²) in [4.78, 5) is 5.04. The fraction of sp³-hybridized carbons (Fsp3) is 1.00. The zero-order valence-corrected chi connectivity index (χ0v) is 9.95. The molecule has 15 heavy (non-hydrogen) atoms. The number of hydrogen-bond acceptors (Lipinski definition) is 4. The maximum absolute atomic E-state index is 5.50. The first-order chi connectivity index (χ1) is 7.36. The summed E-state index contributed by atoms with van der Waals surface area (Å²) < 4.78 is 5.06. The van der Waals surface area contributed by atoms with Crippen LogP contribution in [0.4, 0.5) is 0 Å². The average molecular weight is 215 g/mol. The van der Waals surface area contributed by atoms with Crippen molar-refractivity contribution in [2.45, 2.75) is 12.8 Å². The van der Waals surface area contributed by atoms with Crippen LogP contribution in [0.15, 0.2) is 0 Å². The van der Waals surface area contributed by atoms with Gasteiger partial charge in [0, 0.05) is 46.4 Å². The lowest BCUT2D eigenvalue weighted by Crippen LogP contribution is -2.47. The van der Waals surface area contributed by atoms with Crippen molar-refractivity contribution in [3.8, 4) is 0 Å². The second-order valence-corrected chi connectivity index (χ2v) is 4.17. The molecule has 1 heterocycles. The minimum Gasteiger partial charge on any atom is -0.385 e. The third-order valence-electron chi connectivity index (χ3n) is 2.97. The molecule has 1 aliphatic heterocycles. The Balaban J connectivity index is 2.02. The van der Waals surface area contributed by atoms with Gasteiger partial charge in [-0.25, -0.2) is 0 Å². The predicted molar refractivity (Wildman–Crippen MR) is 63.0 cm³/mol. The van der Waals surface area contributed by atoms with Gasteiger partial charge >= 0.3 is 0 Å². The van der Waals surface area contributed by atoms with E-state index in [1.54, 1.807) is 7.11 Å². The summed E-state index contributed by atoms with van der Waals surface area (Å²) in [5.41, 5.74) is 5.50. The van der Waals surface area contributed by atoms with E-state index < -0.39 is 0 Å². The van der Waals surface area contributed by atoms with Gasteiger partial charge in [0.15, 0.2) is 0 Å². The monoisotopic (exact) mass is 215 g/mol. The molecule has 0 aromatic heterocycles. The molecule has 0 amide bonds. The molecule has 0 aliphatic carbocycles. The number of ether oxygens (including phenoxy) is 1. The molecule has 1 rings (SSSR count). The SMILES string of the molecule is COCCCN1CCN(CCCN)CC1. The molecule has 1 saturated heterocycles. The van der Waals surface area contributed by atoms with Gasteiger partial charge in [0.05, 0.1) is 0 Å². The Morgan fingerprint density at radius 3 is 2.00 bits per heavy atom. The zero-order valence-electron chi connectivity index (χ0n) is 9.95. The Morgan fingerprint density at radius 2 is 1.53 bits per heavy atom. The fourth-order valence-corrected chi connectivity index (χ4v) is 1.98. The van der Waals surface area contributed by atoms with E-state index in [-0.39, 0.29) is 0 Å². The van der Waals surface area contributed by atoms with Crippen LogP contribution < -0.4 is 5.73 Å². The molecule has 0 aromatic carbocycles. The molecule has 0 aromatic rings. The predicted octanol–water partition coefficient (Wildman–Crippen LogP) is -0.0107. The van der Waals surface area contributed by atoms with Crippen molar-refractivity contribution in [3.63, 3.8) is 0 Å². The number of methoxy groups -OCH3 is 1. The van der Waals surface area contributed by atoms with Crippen molar-refractivity contribution in [1.29, 1.82) is 0 Å². The van der Waals surface area contributed by atoms with Crippen LogP contribution in [-0.4, -0.2) is 69.3 Å². The highest BCUT2D eigenvalue weighted by Crippen LogP contribution is 2.02. The van der Waals surface area contributed by atoms with Crippen LogP contribution in [0.2, 0.25) is 0 Å². The second-order valence-electron chi connectivity index (χ2n) is 4.17. The maximum Gasteiger partial charge on any atom is 0.0474 e. The van der Waals surface area contributed by atoms with Crippen molar-refractivity contribution in [2.24, 2.45) is 5.73 Å². The molecular weight excluding hydrogens is 190 g/mol. The van der Waals surface area contributed by atoms with Gasteiger partial charge in [-0.3, -0.25) is 0 Å². The molecule has 2 N–H and O–H groups in total. The number of rotatable bonds is 7. The zero-order chi connectivity index (χ0) is 10.9. The Labute approximate surface area is 93.4 Å². The summed E-state index contributed by atoms with van der Waals surface area (Å²) in [5, 5.41) is 0. The van der Waals surface area contributed by atoms with E-state index >= 15 is 0 Å². The smallest absolute Gasteiger partial charge is 0.0474 e. The molecule has 1 aliphatic rings. The topological polar surface area (TPSA) is 41.7 Å². The van der Waals surface area contributed by atoms with E-state index in [2.05, 4.69) is 9.80 Å². The lowest BCUT2D eigenvalue weighted by Gasteiger charge is -2.34. The molecule has 0 unspecified atom stereocenters. The van der Waals surface area contributed by atoms with Crippen LogP contribution in [0.25, 0.3) is 0 Å². The number of nitrogens with two attached hydrogens (primary N) is 1. The van der Waals surface area contributed by atoms with E-state index in [1.807, 2.05) is 0 Å². The minimum absolute atomic E-state index is 0.814. The second kappa shape index (κ2) is 8.05. The quantitative estimate of drug-likeness (QED) is 0.607. The summed E-state index contributed by atoms with van der Waals surface area (Å²) >= 11 is 0. The standard InChI is InChI=1S/C11H25N3O/c1-15-11-3-6-14-9-7-13(8-10-14)5-2-4-12/h2-12H2,1H3. The van der Waals surface area contributed by atoms with Gasteiger partial charge in [-0.2, -0.15) is 0 Å². The van der Waals surface area contributed by atoms with Crippen molar-refractivity contribution >= 4 is 0 Å². The van der Waals surface area contributed by atoms with Crippen LogP contribution in [0.5, 0.6) is 0 Å². The third kappa shape index (κ3) is 5.47. The highest BCUT2D eigenvalue weighted by molar-refractivity contribution is 4.71. The first-order valence-electron chi connectivity index (χ1n) is 6.00. The lowest BCUT2D eigenvalue weighted by atomic mass is 10.2. The van der Waals surface area contributed by atoms with Gasteiger partial charge in [0.1, 0.15) is 0 Å². The van der Waals surface area contributed by atoms with E-state index in [1.165, 1.54) is 39.3 Å². The van der Waals surface area contributed by atoms with Crippen LogP contribution in [0, 0.1) is 0 Å². The molecule has 0 saturated carbocycles. The van der Waals surface area contributed by atoms with E-state index in [0.717, 1.165) is 26.0 Å². The molecule has 0 bridgehead atoms. The molecule has 90 valence electrons. The fourth-order valence-electron chi connectivity index (χ4n) is 1.98. The molecule has 4 nitrogen and oxygen atoms in total. The summed E-state index contributed by atoms with van der Waals surface area (Å²) in [6.07, 6.45) is 2.28. The summed E-state index contributed by atoms with van der Waals surface area (Å²) in [7, 11) is 1.77. The Morgan fingerprint density at radius 1 is 1.00 bits per heavy atom. The summed E-state index contributed by atoms with van der Waals surface area (Å²) in [6.45, 7) is 8.85. The normalized spacial score (nSPS) is 19.6. The summed E-state index contributed by atoms with van der Waals surface area (Å²) in [5.74, 6) is 0. The van der Waals surface area contributed by atoms with Gasteiger partial charge < -0.3 is 20.3 Å². The first kappa shape index (κ1) is 12.9. The van der Waals surface area contributed by atoms with E-state index in [4.69, 9.17) is 10.5 Å². The number of piperazine rings is 1. The molecule has 0 radical (unpaired) electrons. The van der Waals surface area contributed by atoms with Crippen LogP contribution in [0.1, 0.15) is 12.8 Å². The highest BCUT2D eigenvalue weighted by Gasteiger charge is 2.15. The summed E-state index contributed by atoms with van der Waals surface area (Å²) in [6, 6.07) is 0. The third-order valence-corrected chi connectivity index (χ3v) is 2.97. The van der Waals surface area contributed by atoms with Crippen LogP contribution in [0.3, 0.4) is 0 Å². The Bertz CT molecular complexity index is 147. The maximum atomic E-state index is 5.50.